The summed E-state index contributed by atoms with van der Waals surface area (Å²) in [7, 11) is 0. The smallest absolute Gasteiger partial charge is 0.0594 e. The molecule has 2 aliphatic rings. The van der Waals surface area contributed by atoms with Crippen LogP contribution in [0.1, 0.15) is 36.9 Å². The fraction of sp³-hybridized carbons (Fsp3) is 0.647. The summed E-state index contributed by atoms with van der Waals surface area (Å²) in [5, 5.41) is 3.79. The maximum Gasteiger partial charge on any atom is 0.0594 e. The third-order valence-electron chi connectivity index (χ3n) is 4.61. The number of morpholine rings is 1. The zero-order valence-corrected chi connectivity index (χ0v) is 12.5. The molecular formula is C17H26N2O. The van der Waals surface area contributed by atoms with E-state index in [1.807, 2.05) is 0 Å². The number of benzene rings is 1. The van der Waals surface area contributed by atoms with Gasteiger partial charge in [0.2, 0.25) is 0 Å². The van der Waals surface area contributed by atoms with E-state index in [4.69, 9.17) is 4.74 Å². The van der Waals surface area contributed by atoms with Crippen LogP contribution in [0.25, 0.3) is 0 Å². The summed E-state index contributed by atoms with van der Waals surface area (Å²) >= 11 is 0. The zero-order chi connectivity index (χ0) is 13.8. The number of hydrogen-bond donors (Lipinski definition) is 1. The van der Waals surface area contributed by atoms with Gasteiger partial charge in [-0.05, 0) is 36.9 Å². The van der Waals surface area contributed by atoms with E-state index in [1.54, 1.807) is 0 Å². The van der Waals surface area contributed by atoms with Gasteiger partial charge in [0.15, 0.2) is 0 Å². The summed E-state index contributed by atoms with van der Waals surface area (Å²) in [6, 6.07) is 10.1. The van der Waals surface area contributed by atoms with Crippen LogP contribution in [0.15, 0.2) is 24.3 Å². The molecule has 2 atom stereocenters. The number of ether oxygens (including phenoxy) is 1. The summed E-state index contributed by atoms with van der Waals surface area (Å²) in [5.41, 5.74) is 3.05. The molecule has 3 rings (SSSR count). The molecule has 0 spiro atoms. The van der Waals surface area contributed by atoms with E-state index in [2.05, 4.69) is 41.4 Å². The van der Waals surface area contributed by atoms with E-state index < -0.39 is 0 Å². The fourth-order valence-electron chi connectivity index (χ4n) is 3.59. The second-order valence-corrected chi connectivity index (χ2v) is 5.88. The van der Waals surface area contributed by atoms with Crippen LogP contribution in [0.5, 0.6) is 0 Å². The van der Waals surface area contributed by atoms with Crippen molar-refractivity contribution >= 4 is 0 Å². The first-order valence-corrected chi connectivity index (χ1v) is 8.03. The Morgan fingerprint density at radius 2 is 2.05 bits per heavy atom. The number of fused-ring (bicyclic) bond motifs is 1. The predicted octanol–water partition coefficient (Wildman–Crippen LogP) is 2.37. The molecule has 110 valence electrons. The molecule has 1 aliphatic heterocycles. The predicted molar refractivity (Wildman–Crippen MR) is 82.0 cm³/mol. The van der Waals surface area contributed by atoms with Crippen molar-refractivity contribution < 1.29 is 4.74 Å². The Balaban J connectivity index is 1.82. The molecule has 20 heavy (non-hydrogen) atoms. The van der Waals surface area contributed by atoms with Crippen LogP contribution in [0.4, 0.5) is 0 Å². The topological polar surface area (TPSA) is 24.5 Å². The van der Waals surface area contributed by atoms with E-state index in [-0.39, 0.29) is 0 Å². The van der Waals surface area contributed by atoms with Gasteiger partial charge in [-0.2, -0.15) is 0 Å². The molecule has 0 radical (unpaired) electrons. The second kappa shape index (κ2) is 6.70. The van der Waals surface area contributed by atoms with Gasteiger partial charge in [0.05, 0.1) is 13.2 Å². The third-order valence-corrected chi connectivity index (χ3v) is 4.61. The standard InChI is InChI=1S/C17H26N2O/c1-2-9-18-17-15-6-4-3-5-14(15)7-8-16(17)19-10-12-20-13-11-19/h3-6,16-18H,2,7-13H2,1H3. The lowest BCUT2D eigenvalue weighted by molar-refractivity contribution is 0.00383. The molecule has 0 saturated carbocycles. The first kappa shape index (κ1) is 14.1. The van der Waals surface area contributed by atoms with Gasteiger partial charge in [-0.25, -0.2) is 0 Å². The Bertz CT molecular complexity index is 429. The van der Waals surface area contributed by atoms with Crippen molar-refractivity contribution in [2.24, 2.45) is 0 Å². The number of hydrogen-bond acceptors (Lipinski definition) is 3. The van der Waals surface area contributed by atoms with Crippen molar-refractivity contribution in [1.82, 2.24) is 10.2 Å². The van der Waals surface area contributed by atoms with Gasteiger partial charge in [0.1, 0.15) is 0 Å². The molecular weight excluding hydrogens is 248 g/mol. The van der Waals surface area contributed by atoms with Crippen LogP contribution in [0.3, 0.4) is 0 Å². The van der Waals surface area contributed by atoms with Crippen molar-refractivity contribution in [3.63, 3.8) is 0 Å². The van der Waals surface area contributed by atoms with Gasteiger partial charge in [0.25, 0.3) is 0 Å². The first-order chi connectivity index (χ1) is 9.90. The minimum atomic E-state index is 0.484. The lowest BCUT2D eigenvalue weighted by atomic mass is 9.83. The summed E-state index contributed by atoms with van der Waals surface area (Å²) in [4.78, 5) is 2.63. The Morgan fingerprint density at radius 3 is 2.85 bits per heavy atom. The van der Waals surface area contributed by atoms with Crippen LogP contribution in [-0.2, 0) is 11.2 Å². The average Bonchev–Trinajstić information content (AvgIpc) is 2.53. The Labute approximate surface area is 122 Å². The highest BCUT2D eigenvalue weighted by atomic mass is 16.5. The van der Waals surface area contributed by atoms with Crippen molar-refractivity contribution in [1.29, 1.82) is 0 Å². The zero-order valence-electron chi connectivity index (χ0n) is 12.5. The molecule has 1 N–H and O–H groups in total. The highest BCUT2D eigenvalue weighted by Gasteiger charge is 2.33. The van der Waals surface area contributed by atoms with Crippen LogP contribution in [0, 0.1) is 0 Å². The highest BCUT2D eigenvalue weighted by molar-refractivity contribution is 5.34. The minimum Gasteiger partial charge on any atom is -0.379 e. The molecule has 1 fully saturated rings. The highest BCUT2D eigenvalue weighted by Crippen LogP contribution is 2.33. The normalized spacial score (nSPS) is 27.2. The molecule has 1 heterocycles. The second-order valence-electron chi connectivity index (χ2n) is 5.88. The van der Waals surface area contributed by atoms with E-state index in [0.717, 1.165) is 32.8 Å². The average molecular weight is 274 g/mol. The third kappa shape index (κ3) is 2.90. The van der Waals surface area contributed by atoms with Crippen molar-refractivity contribution in [3.8, 4) is 0 Å². The van der Waals surface area contributed by atoms with Gasteiger partial charge < -0.3 is 10.1 Å². The maximum absolute atomic E-state index is 5.51. The molecule has 0 bridgehead atoms. The lowest BCUT2D eigenvalue weighted by Crippen LogP contribution is -2.51. The SMILES string of the molecule is CCCNC1c2ccccc2CCC1N1CCOCC1. The minimum absolute atomic E-state index is 0.484. The molecule has 0 aromatic heterocycles. The Hall–Kier alpha value is -0.900. The van der Waals surface area contributed by atoms with E-state index in [1.165, 1.54) is 30.4 Å². The monoisotopic (exact) mass is 274 g/mol. The fourth-order valence-corrected chi connectivity index (χ4v) is 3.59. The Kier molecular flexibility index (Phi) is 4.71. The summed E-state index contributed by atoms with van der Waals surface area (Å²) in [6.45, 7) is 7.27. The number of nitrogens with zero attached hydrogens (tertiary/aromatic N) is 1. The number of rotatable bonds is 4. The van der Waals surface area contributed by atoms with Crippen molar-refractivity contribution in [2.75, 3.05) is 32.8 Å². The molecule has 1 aliphatic carbocycles. The lowest BCUT2D eigenvalue weighted by Gasteiger charge is -2.43. The van der Waals surface area contributed by atoms with Gasteiger partial charge in [-0.3, -0.25) is 4.90 Å². The van der Waals surface area contributed by atoms with Gasteiger partial charge in [0, 0.05) is 25.2 Å². The van der Waals surface area contributed by atoms with Gasteiger partial charge >= 0.3 is 0 Å². The molecule has 0 amide bonds. The molecule has 1 saturated heterocycles. The van der Waals surface area contributed by atoms with E-state index >= 15 is 0 Å². The first-order valence-electron chi connectivity index (χ1n) is 8.03. The number of nitrogens with one attached hydrogen (secondary N) is 1. The molecule has 3 nitrogen and oxygen atoms in total. The largest absolute Gasteiger partial charge is 0.379 e. The quantitative estimate of drug-likeness (QED) is 0.912. The van der Waals surface area contributed by atoms with Gasteiger partial charge in [-0.1, -0.05) is 31.2 Å². The molecule has 3 heteroatoms. The molecule has 1 aromatic rings. The van der Waals surface area contributed by atoms with Crippen LogP contribution < -0.4 is 5.32 Å². The summed E-state index contributed by atoms with van der Waals surface area (Å²) < 4.78 is 5.51. The molecule has 2 unspecified atom stereocenters. The number of aryl methyl sites for hydroxylation is 1. The summed E-state index contributed by atoms with van der Waals surface area (Å²) in [5.74, 6) is 0. The van der Waals surface area contributed by atoms with Crippen LogP contribution in [0.2, 0.25) is 0 Å². The van der Waals surface area contributed by atoms with E-state index in [0.29, 0.717) is 12.1 Å². The Morgan fingerprint density at radius 1 is 1.25 bits per heavy atom. The maximum atomic E-state index is 5.51. The molecule has 1 aromatic carbocycles. The summed E-state index contributed by atoms with van der Waals surface area (Å²) in [6.07, 6.45) is 3.66. The van der Waals surface area contributed by atoms with Crippen molar-refractivity contribution in [2.45, 2.75) is 38.3 Å². The van der Waals surface area contributed by atoms with Gasteiger partial charge in [-0.15, -0.1) is 0 Å². The van der Waals surface area contributed by atoms with Crippen LogP contribution >= 0.6 is 0 Å². The van der Waals surface area contributed by atoms with E-state index in [9.17, 15) is 0 Å². The van der Waals surface area contributed by atoms with Crippen molar-refractivity contribution in [3.05, 3.63) is 35.4 Å². The van der Waals surface area contributed by atoms with Crippen LogP contribution in [-0.4, -0.2) is 43.8 Å².